The van der Waals surface area contributed by atoms with E-state index in [0.29, 0.717) is 4.32 Å². The molecule has 64 valence electrons. The van der Waals surface area contributed by atoms with Gasteiger partial charge in [0.05, 0.1) is 0 Å². The van der Waals surface area contributed by atoms with E-state index in [-0.39, 0.29) is 18.9 Å². The van der Waals surface area contributed by atoms with Gasteiger partial charge in [-0.05, 0) is 19.1 Å². The molecule has 1 rings (SSSR count). The smallest absolute Gasteiger partial charge is 0.411 e. The Morgan fingerprint density at radius 3 is 2.31 bits per heavy atom. The summed E-state index contributed by atoms with van der Waals surface area (Å²) in [6, 6.07) is 9.94. The molecule has 0 bridgehead atoms. The van der Waals surface area contributed by atoms with E-state index in [1.807, 2.05) is 42.2 Å². The molecular weight excluding hydrogens is 193 g/mol. The Morgan fingerprint density at radius 2 is 1.92 bits per heavy atom. The van der Waals surface area contributed by atoms with Crippen LogP contribution < -0.4 is 23.8 Å². The monoisotopic (exact) mass is 203 g/mol. The van der Waals surface area contributed by atoms with Crippen molar-refractivity contribution in [1.29, 1.82) is 0 Å². The summed E-state index contributed by atoms with van der Waals surface area (Å²) >= 11 is 9.88. The minimum Gasteiger partial charge on any atom is -0.411 e. The number of rotatable bonds is 2. The largest absolute Gasteiger partial charge is 1.00 e. The first-order valence-corrected chi connectivity index (χ1v) is 4.61. The van der Waals surface area contributed by atoms with Gasteiger partial charge in [-0.2, -0.15) is 0 Å². The number of hydrogen-bond donors (Lipinski definition) is 0. The SMILES string of the molecule is CCN(C(=S)[S-])c1ccccc1.[Li+]. The van der Waals surface area contributed by atoms with Gasteiger partial charge in [0, 0.05) is 12.2 Å². The van der Waals surface area contributed by atoms with E-state index in [9.17, 15) is 0 Å². The number of nitrogens with zero attached hydrogens (tertiary/aromatic N) is 1. The van der Waals surface area contributed by atoms with Gasteiger partial charge in [-0.25, -0.2) is 0 Å². The van der Waals surface area contributed by atoms with Gasteiger partial charge >= 0.3 is 18.9 Å². The van der Waals surface area contributed by atoms with Crippen molar-refractivity contribution in [2.45, 2.75) is 6.92 Å². The Kier molecular flexibility index (Phi) is 6.36. The second-order valence-corrected chi connectivity index (χ2v) is 3.38. The molecule has 0 fully saturated rings. The molecule has 0 saturated carbocycles. The van der Waals surface area contributed by atoms with Crippen LogP contribution in [0.1, 0.15) is 6.92 Å². The average molecular weight is 203 g/mol. The van der Waals surface area contributed by atoms with Crippen LogP contribution in [0.2, 0.25) is 0 Å². The van der Waals surface area contributed by atoms with Crippen LogP contribution in [0.4, 0.5) is 5.69 Å². The van der Waals surface area contributed by atoms with Crippen LogP contribution in [-0.2, 0) is 12.6 Å². The Hall–Kier alpha value is -0.0726. The van der Waals surface area contributed by atoms with Gasteiger partial charge in [0.25, 0.3) is 0 Å². The number of thiocarbonyl (C=S) groups is 1. The third-order valence-electron chi connectivity index (χ3n) is 1.60. The predicted molar refractivity (Wildman–Crippen MR) is 59.4 cm³/mol. The van der Waals surface area contributed by atoms with Gasteiger partial charge in [0.15, 0.2) is 0 Å². The molecule has 1 aromatic rings. The first kappa shape index (κ1) is 12.9. The molecule has 0 aliphatic heterocycles. The number of anilines is 1. The van der Waals surface area contributed by atoms with Crippen LogP contribution in [0.3, 0.4) is 0 Å². The summed E-state index contributed by atoms with van der Waals surface area (Å²) in [6.07, 6.45) is 0. The third-order valence-corrected chi connectivity index (χ3v) is 2.05. The topological polar surface area (TPSA) is 3.24 Å². The van der Waals surface area contributed by atoms with Crippen molar-refractivity contribution in [3.05, 3.63) is 30.3 Å². The molecule has 0 amide bonds. The first-order chi connectivity index (χ1) is 5.75. The summed E-state index contributed by atoms with van der Waals surface area (Å²) in [5.74, 6) is 0. The molecule has 0 atom stereocenters. The van der Waals surface area contributed by atoms with E-state index in [0.717, 1.165) is 12.2 Å². The van der Waals surface area contributed by atoms with Crippen molar-refractivity contribution in [1.82, 2.24) is 0 Å². The van der Waals surface area contributed by atoms with Gasteiger partial charge < -0.3 is 29.7 Å². The van der Waals surface area contributed by atoms with Gasteiger partial charge in [-0.15, -0.1) is 0 Å². The molecule has 0 aliphatic rings. The molecule has 0 aromatic heterocycles. The Labute approximate surface area is 102 Å². The van der Waals surface area contributed by atoms with Crippen molar-refractivity contribution in [3.8, 4) is 0 Å². The Bertz CT molecular complexity index is 264. The normalized spacial score (nSPS) is 8.69. The maximum atomic E-state index is 4.94. The standard InChI is InChI=1S/C9H11NS2.Li/c1-2-10(9(11)12)8-6-4-3-5-7-8;/h3-7H,2H2,1H3,(H,11,12);/q;+1/p-1. The minimum absolute atomic E-state index is 0. The molecule has 0 heterocycles. The molecule has 0 saturated heterocycles. The molecule has 1 nitrogen and oxygen atoms in total. The van der Waals surface area contributed by atoms with E-state index in [4.69, 9.17) is 24.8 Å². The molecule has 1 aromatic carbocycles. The molecule has 0 unspecified atom stereocenters. The summed E-state index contributed by atoms with van der Waals surface area (Å²) < 4.78 is 0.503. The molecule has 4 heteroatoms. The first-order valence-electron chi connectivity index (χ1n) is 3.79. The summed E-state index contributed by atoms with van der Waals surface area (Å²) in [4.78, 5) is 1.92. The van der Waals surface area contributed by atoms with Gasteiger partial charge in [-0.3, -0.25) is 0 Å². The molecule has 13 heavy (non-hydrogen) atoms. The fourth-order valence-corrected chi connectivity index (χ4v) is 1.49. The molecule has 0 aliphatic carbocycles. The second-order valence-electron chi connectivity index (χ2n) is 2.35. The Morgan fingerprint density at radius 1 is 1.38 bits per heavy atom. The summed E-state index contributed by atoms with van der Waals surface area (Å²) in [6.45, 7) is 2.86. The second kappa shape index (κ2) is 6.39. The van der Waals surface area contributed by atoms with Crippen LogP contribution in [0, 0.1) is 0 Å². The van der Waals surface area contributed by atoms with Crippen LogP contribution in [0.25, 0.3) is 0 Å². The Balaban J connectivity index is 0.00000144. The predicted octanol–water partition coefficient (Wildman–Crippen LogP) is -0.651. The van der Waals surface area contributed by atoms with Crippen molar-refractivity contribution < 1.29 is 18.9 Å². The van der Waals surface area contributed by atoms with E-state index in [1.165, 1.54) is 0 Å². The van der Waals surface area contributed by atoms with Gasteiger partial charge in [0.2, 0.25) is 0 Å². The van der Waals surface area contributed by atoms with E-state index in [2.05, 4.69) is 0 Å². The van der Waals surface area contributed by atoms with Crippen molar-refractivity contribution in [2.24, 2.45) is 0 Å². The van der Waals surface area contributed by atoms with Crippen LogP contribution in [0.5, 0.6) is 0 Å². The van der Waals surface area contributed by atoms with Crippen LogP contribution in [0.15, 0.2) is 30.3 Å². The van der Waals surface area contributed by atoms with E-state index in [1.54, 1.807) is 0 Å². The van der Waals surface area contributed by atoms with Crippen molar-refractivity contribution >= 4 is 34.9 Å². The van der Waals surface area contributed by atoms with Crippen molar-refractivity contribution in [2.75, 3.05) is 11.4 Å². The van der Waals surface area contributed by atoms with Crippen LogP contribution in [-0.4, -0.2) is 10.9 Å². The maximum absolute atomic E-state index is 4.94. The zero-order valence-corrected chi connectivity index (χ0v) is 9.49. The molecule has 0 spiro atoms. The fraction of sp³-hybridized carbons (Fsp3) is 0.222. The van der Waals surface area contributed by atoms with Gasteiger partial charge in [-0.1, -0.05) is 22.5 Å². The third kappa shape index (κ3) is 3.66. The quantitative estimate of drug-likeness (QED) is 0.357. The fourth-order valence-electron chi connectivity index (χ4n) is 1.03. The van der Waals surface area contributed by atoms with E-state index >= 15 is 0 Å². The zero-order valence-electron chi connectivity index (χ0n) is 7.86. The number of para-hydroxylation sites is 1. The van der Waals surface area contributed by atoms with Crippen molar-refractivity contribution in [3.63, 3.8) is 0 Å². The maximum Gasteiger partial charge on any atom is 1.00 e. The molecule has 0 radical (unpaired) electrons. The van der Waals surface area contributed by atoms with Crippen LogP contribution >= 0.6 is 12.2 Å². The minimum atomic E-state index is 0. The average Bonchev–Trinajstić information content (AvgIpc) is 2.07. The van der Waals surface area contributed by atoms with Gasteiger partial charge in [0.1, 0.15) is 0 Å². The summed E-state index contributed by atoms with van der Waals surface area (Å²) in [7, 11) is 0. The number of benzene rings is 1. The summed E-state index contributed by atoms with van der Waals surface area (Å²) in [5, 5.41) is 0. The molecule has 0 N–H and O–H groups in total. The number of hydrogen-bond acceptors (Lipinski definition) is 2. The zero-order chi connectivity index (χ0) is 8.97. The molecular formula is C9H10LiNS2. The van der Waals surface area contributed by atoms with E-state index < -0.39 is 0 Å². The summed E-state index contributed by atoms with van der Waals surface area (Å²) in [5.41, 5.74) is 1.07.